The molecule has 2 aromatic rings. The first kappa shape index (κ1) is 18.7. The van der Waals surface area contributed by atoms with Crippen molar-refractivity contribution < 1.29 is 9.59 Å². The second-order valence-corrected chi connectivity index (χ2v) is 8.18. The van der Waals surface area contributed by atoms with E-state index in [2.05, 4.69) is 15.5 Å². The number of nitrogens with one attached hydrogen (secondary N) is 2. The molecule has 148 valence electrons. The minimum atomic E-state index is 0.0216. The van der Waals surface area contributed by atoms with Crippen LogP contribution in [0, 0.1) is 12.8 Å². The van der Waals surface area contributed by atoms with Crippen molar-refractivity contribution >= 4 is 17.5 Å². The predicted molar refractivity (Wildman–Crippen MR) is 108 cm³/mol. The maximum absolute atomic E-state index is 13.0. The van der Waals surface area contributed by atoms with E-state index in [1.54, 1.807) is 6.20 Å². The molecule has 2 N–H and O–H groups in total. The number of H-pyrrole nitrogens is 1. The number of anilines is 1. The van der Waals surface area contributed by atoms with E-state index in [4.69, 9.17) is 0 Å². The van der Waals surface area contributed by atoms with Gasteiger partial charge in [-0.25, -0.2) is 0 Å². The van der Waals surface area contributed by atoms with Crippen molar-refractivity contribution in [3.8, 4) is 0 Å². The standard InChI is InChI=1S/C22H28N4O2/c1-15-6-7-17(13-20(15)24-21(27)12-16-4-2-3-5-16)22(28)26-11-9-18(14-26)19-8-10-23-25-19/h6-8,10,13,16,18H,2-5,9,11-12,14H2,1H3,(H,23,25)(H,24,27). The Balaban J connectivity index is 1.41. The molecule has 2 fully saturated rings. The molecule has 0 radical (unpaired) electrons. The van der Waals surface area contributed by atoms with Crippen molar-refractivity contribution in [2.24, 2.45) is 5.92 Å². The first-order valence-electron chi connectivity index (χ1n) is 10.3. The summed E-state index contributed by atoms with van der Waals surface area (Å²) >= 11 is 0. The summed E-state index contributed by atoms with van der Waals surface area (Å²) < 4.78 is 0. The average molecular weight is 380 g/mol. The number of carbonyl (C=O) groups excluding carboxylic acids is 2. The molecule has 6 nitrogen and oxygen atoms in total. The molecule has 6 heteroatoms. The molecule has 1 saturated carbocycles. The zero-order valence-corrected chi connectivity index (χ0v) is 16.4. The number of likely N-dealkylation sites (tertiary alicyclic amines) is 1. The number of carbonyl (C=O) groups is 2. The highest BCUT2D eigenvalue weighted by molar-refractivity contribution is 5.98. The van der Waals surface area contributed by atoms with Crippen molar-refractivity contribution in [3.05, 3.63) is 47.3 Å². The highest BCUT2D eigenvalue weighted by Gasteiger charge is 2.29. The number of aromatic nitrogens is 2. The van der Waals surface area contributed by atoms with Gasteiger partial charge in [0, 0.05) is 48.6 Å². The van der Waals surface area contributed by atoms with Crippen LogP contribution >= 0.6 is 0 Å². The van der Waals surface area contributed by atoms with E-state index in [-0.39, 0.29) is 11.8 Å². The fourth-order valence-electron chi connectivity index (χ4n) is 4.44. The molecule has 4 rings (SSSR count). The van der Waals surface area contributed by atoms with Gasteiger partial charge >= 0.3 is 0 Å². The van der Waals surface area contributed by atoms with Crippen molar-refractivity contribution in [2.45, 2.75) is 51.4 Å². The van der Waals surface area contributed by atoms with Crippen LogP contribution in [0.1, 0.15) is 66.1 Å². The van der Waals surface area contributed by atoms with Crippen LogP contribution in [0.25, 0.3) is 0 Å². The third kappa shape index (κ3) is 4.11. The normalized spacial score (nSPS) is 19.9. The van der Waals surface area contributed by atoms with Crippen LogP contribution in [-0.4, -0.2) is 40.0 Å². The molecule has 1 unspecified atom stereocenters. The minimum absolute atomic E-state index is 0.0216. The van der Waals surface area contributed by atoms with Crippen molar-refractivity contribution in [3.63, 3.8) is 0 Å². The molecule has 1 aliphatic carbocycles. The van der Waals surface area contributed by atoms with Gasteiger partial charge < -0.3 is 10.2 Å². The number of hydrogen-bond acceptors (Lipinski definition) is 3. The lowest BCUT2D eigenvalue weighted by Gasteiger charge is -2.18. The van der Waals surface area contributed by atoms with Gasteiger partial charge in [0.15, 0.2) is 0 Å². The van der Waals surface area contributed by atoms with Crippen LogP contribution in [0.4, 0.5) is 5.69 Å². The number of benzene rings is 1. The number of hydrogen-bond donors (Lipinski definition) is 2. The zero-order valence-electron chi connectivity index (χ0n) is 16.4. The van der Waals surface area contributed by atoms with Gasteiger partial charge in [-0.1, -0.05) is 18.9 Å². The van der Waals surface area contributed by atoms with E-state index in [1.807, 2.05) is 36.1 Å². The van der Waals surface area contributed by atoms with Crippen molar-refractivity contribution in [2.75, 3.05) is 18.4 Å². The Morgan fingerprint density at radius 2 is 2.04 bits per heavy atom. The molecular formula is C22H28N4O2. The molecule has 28 heavy (non-hydrogen) atoms. The molecule has 1 atom stereocenters. The molecule has 1 aromatic heterocycles. The molecule has 1 aliphatic heterocycles. The lowest BCUT2D eigenvalue weighted by Crippen LogP contribution is -2.28. The highest BCUT2D eigenvalue weighted by Crippen LogP contribution is 2.29. The summed E-state index contributed by atoms with van der Waals surface area (Å²) in [5, 5.41) is 10.1. The number of aromatic amines is 1. The maximum Gasteiger partial charge on any atom is 0.253 e. The van der Waals surface area contributed by atoms with Gasteiger partial charge in [0.1, 0.15) is 0 Å². The monoisotopic (exact) mass is 380 g/mol. The van der Waals surface area contributed by atoms with Gasteiger partial charge in [0.25, 0.3) is 5.91 Å². The summed E-state index contributed by atoms with van der Waals surface area (Å²) in [7, 11) is 0. The average Bonchev–Trinajstić information content (AvgIpc) is 3.44. The molecule has 2 heterocycles. The molecule has 2 aliphatic rings. The summed E-state index contributed by atoms with van der Waals surface area (Å²) in [6.07, 6.45) is 8.03. The third-order valence-corrected chi connectivity index (χ3v) is 6.14. The van der Waals surface area contributed by atoms with Crippen LogP contribution in [0.5, 0.6) is 0 Å². The lowest BCUT2D eigenvalue weighted by molar-refractivity contribution is -0.117. The van der Waals surface area contributed by atoms with E-state index >= 15 is 0 Å². The van der Waals surface area contributed by atoms with Crippen molar-refractivity contribution in [1.29, 1.82) is 0 Å². The summed E-state index contributed by atoms with van der Waals surface area (Å²) in [5.74, 6) is 0.894. The lowest BCUT2D eigenvalue weighted by atomic mass is 10.0. The van der Waals surface area contributed by atoms with Gasteiger partial charge in [-0.3, -0.25) is 14.7 Å². The van der Waals surface area contributed by atoms with Crippen LogP contribution in [0.15, 0.2) is 30.5 Å². The fraction of sp³-hybridized carbons (Fsp3) is 0.500. The van der Waals surface area contributed by atoms with Crippen LogP contribution in [0.2, 0.25) is 0 Å². The van der Waals surface area contributed by atoms with Crippen molar-refractivity contribution in [1.82, 2.24) is 15.1 Å². The smallest absolute Gasteiger partial charge is 0.253 e. The molecule has 1 aromatic carbocycles. The minimum Gasteiger partial charge on any atom is -0.338 e. The number of rotatable bonds is 5. The Morgan fingerprint density at radius 3 is 2.79 bits per heavy atom. The summed E-state index contributed by atoms with van der Waals surface area (Å²) in [6, 6.07) is 7.57. The number of nitrogens with zero attached hydrogens (tertiary/aromatic N) is 2. The molecule has 0 spiro atoms. The first-order chi connectivity index (χ1) is 13.6. The van der Waals surface area contributed by atoms with E-state index in [9.17, 15) is 9.59 Å². The van der Waals surface area contributed by atoms with Gasteiger partial charge in [-0.15, -0.1) is 0 Å². The second kappa shape index (κ2) is 8.17. The highest BCUT2D eigenvalue weighted by atomic mass is 16.2. The zero-order chi connectivity index (χ0) is 19.5. The van der Waals surface area contributed by atoms with E-state index < -0.39 is 0 Å². The second-order valence-electron chi connectivity index (χ2n) is 8.18. The van der Waals surface area contributed by atoms with E-state index in [0.717, 1.165) is 42.8 Å². The molecule has 1 saturated heterocycles. The van der Waals surface area contributed by atoms with Crippen LogP contribution in [-0.2, 0) is 4.79 Å². The largest absolute Gasteiger partial charge is 0.338 e. The first-order valence-corrected chi connectivity index (χ1v) is 10.3. The SMILES string of the molecule is Cc1ccc(C(=O)N2CCC(c3ccn[nH]3)C2)cc1NC(=O)CC1CCCC1. The van der Waals surface area contributed by atoms with Crippen LogP contribution in [0.3, 0.4) is 0 Å². The molecule has 0 bridgehead atoms. The summed E-state index contributed by atoms with van der Waals surface area (Å²) in [5.41, 5.74) is 3.44. The van der Waals surface area contributed by atoms with E-state index in [0.29, 0.717) is 30.4 Å². The fourth-order valence-corrected chi connectivity index (χ4v) is 4.44. The Morgan fingerprint density at radius 1 is 1.21 bits per heavy atom. The van der Waals surface area contributed by atoms with Gasteiger partial charge in [-0.2, -0.15) is 5.10 Å². The third-order valence-electron chi connectivity index (χ3n) is 6.14. The van der Waals surface area contributed by atoms with Gasteiger partial charge in [0.05, 0.1) is 0 Å². The topological polar surface area (TPSA) is 78.1 Å². The molecular weight excluding hydrogens is 352 g/mol. The summed E-state index contributed by atoms with van der Waals surface area (Å²) in [6.45, 7) is 3.39. The number of aryl methyl sites for hydroxylation is 1. The summed E-state index contributed by atoms with van der Waals surface area (Å²) in [4.78, 5) is 27.3. The number of amides is 2. The molecule has 2 amide bonds. The Labute approximate surface area is 165 Å². The van der Waals surface area contributed by atoms with Crippen LogP contribution < -0.4 is 5.32 Å². The Bertz CT molecular complexity index is 840. The maximum atomic E-state index is 13.0. The predicted octanol–water partition coefficient (Wildman–Crippen LogP) is 3.87. The van der Waals surface area contributed by atoms with Gasteiger partial charge in [0.2, 0.25) is 5.91 Å². The van der Waals surface area contributed by atoms with Gasteiger partial charge in [-0.05, 0) is 55.9 Å². The quantitative estimate of drug-likeness (QED) is 0.827. The Hall–Kier alpha value is -2.63. The van der Waals surface area contributed by atoms with E-state index in [1.165, 1.54) is 12.8 Å². The Kier molecular flexibility index (Phi) is 5.46.